The fraction of sp³-hybridized carbons (Fsp3) is 0.136. The van der Waals surface area contributed by atoms with Gasteiger partial charge < -0.3 is 10.8 Å². The Balaban J connectivity index is 1.85. The first-order valence-electron chi connectivity index (χ1n) is 9.38. The van der Waals surface area contributed by atoms with Gasteiger partial charge in [0.25, 0.3) is 5.56 Å². The molecule has 2 atom stereocenters. The summed E-state index contributed by atoms with van der Waals surface area (Å²) in [6.45, 7) is 1.86. The smallest absolute Gasteiger partial charge is 0.264 e. The number of hydrogen-bond acceptors (Lipinski definition) is 6. The van der Waals surface area contributed by atoms with E-state index in [0.717, 1.165) is 5.39 Å². The minimum absolute atomic E-state index is 0.135. The maximum Gasteiger partial charge on any atom is 0.264 e. The lowest BCUT2D eigenvalue weighted by atomic mass is 10.1. The van der Waals surface area contributed by atoms with E-state index in [1.165, 1.54) is 6.20 Å². The molecular weight excluding hydrogens is 402 g/mol. The molecule has 0 bridgehead atoms. The number of aliphatic hydroxyl groups is 1. The van der Waals surface area contributed by atoms with Crippen molar-refractivity contribution in [1.82, 2.24) is 20.1 Å². The number of aliphatic hydroxyl groups excluding tert-OH is 1. The largest absolute Gasteiger partial charge is 0.382 e. The van der Waals surface area contributed by atoms with E-state index in [9.17, 15) is 9.90 Å². The number of aromatic nitrogens is 3. The van der Waals surface area contributed by atoms with Crippen molar-refractivity contribution in [3.05, 3.63) is 93.5 Å². The van der Waals surface area contributed by atoms with Gasteiger partial charge in [-0.3, -0.25) is 14.7 Å². The number of nitrogens with two attached hydrogens (primary N) is 1. The minimum atomic E-state index is -1.09. The number of nitrogens with one attached hydrogen (secondary N) is 1. The normalized spacial score (nSPS) is 13.3. The van der Waals surface area contributed by atoms with Crippen molar-refractivity contribution in [3.63, 3.8) is 0 Å². The summed E-state index contributed by atoms with van der Waals surface area (Å²) in [4.78, 5) is 13.4. The van der Waals surface area contributed by atoms with Gasteiger partial charge in [0.2, 0.25) is 0 Å². The second-order valence-electron chi connectivity index (χ2n) is 6.91. The van der Waals surface area contributed by atoms with Gasteiger partial charge in [0, 0.05) is 23.0 Å². The molecule has 8 heteroatoms. The van der Waals surface area contributed by atoms with Crippen LogP contribution >= 0.6 is 11.6 Å². The van der Waals surface area contributed by atoms with Gasteiger partial charge in [0.1, 0.15) is 6.23 Å². The highest BCUT2D eigenvalue weighted by molar-refractivity contribution is 6.35. The van der Waals surface area contributed by atoms with E-state index >= 15 is 0 Å². The SMILES string of the molecule is CC(NC(O)c1ccnnc1N)c1cc2cccc(Cl)c2c(=O)n1-c1ccccc1. The first-order valence-corrected chi connectivity index (χ1v) is 9.76. The van der Waals surface area contributed by atoms with Crippen LogP contribution in [0.2, 0.25) is 5.02 Å². The molecule has 0 radical (unpaired) electrons. The van der Waals surface area contributed by atoms with Crippen LogP contribution in [0.15, 0.2) is 71.7 Å². The Morgan fingerprint density at radius 3 is 2.63 bits per heavy atom. The van der Waals surface area contributed by atoms with E-state index < -0.39 is 12.3 Å². The molecule has 0 aliphatic carbocycles. The van der Waals surface area contributed by atoms with Crippen LogP contribution in [0.3, 0.4) is 0 Å². The van der Waals surface area contributed by atoms with Crippen molar-refractivity contribution in [2.75, 3.05) is 5.73 Å². The second-order valence-corrected chi connectivity index (χ2v) is 7.32. The number of nitrogen functional groups attached to an aromatic ring is 1. The molecule has 2 heterocycles. The highest BCUT2D eigenvalue weighted by atomic mass is 35.5. The molecule has 2 aromatic carbocycles. The summed E-state index contributed by atoms with van der Waals surface area (Å²) in [5.41, 5.74) is 7.38. The van der Waals surface area contributed by atoms with Crippen molar-refractivity contribution >= 4 is 28.2 Å². The number of pyridine rings is 1. The molecule has 0 amide bonds. The molecule has 0 saturated carbocycles. The topological polar surface area (TPSA) is 106 Å². The number of para-hydroxylation sites is 1. The Morgan fingerprint density at radius 2 is 1.90 bits per heavy atom. The Labute approximate surface area is 177 Å². The molecule has 152 valence electrons. The summed E-state index contributed by atoms with van der Waals surface area (Å²) in [6.07, 6.45) is 0.365. The van der Waals surface area contributed by atoms with Crippen molar-refractivity contribution in [2.45, 2.75) is 19.2 Å². The van der Waals surface area contributed by atoms with Crippen LogP contribution in [0.25, 0.3) is 16.5 Å². The van der Waals surface area contributed by atoms with Crippen molar-refractivity contribution in [3.8, 4) is 5.69 Å². The van der Waals surface area contributed by atoms with E-state index in [1.54, 1.807) is 22.8 Å². The maximum atomic E-state index is 13.4. The summed E-state index contributed by atoms with van der Waals surface area (Å²) in [5.74, 6) is 0.135. The summed E-state index contributed by atoms with van der Waals surface area (Å²) in [5, 5.41) is 22.8. The summed E-state index contributed by atoms with van der Waals surface area (Å²) in [6, 6.07) is 17.7. The summed E-state index contributed by atoms with van der Waals surface area (Å²) >= 11 is 6.34. The third kappa shape index (κ3) is 3.66. The molecule has 7 nitrogen and oxygen atoms in total. The Bertz CT molecular complexity index is 1260. The van der Waals surface area contributed by atoms with E-state index in [4.69, 9.17) is 17.3 Å². The Hall–Kier alpha value is -3.26. The fourth-order valence-corrected chi connectivity index (χ4v) is 3.76. The Morgan fingerprint density at radius 1 is 1.13 bits per heavy atom. The highest BCUT2D eigenvalue weighted by Crippen LogP contribution is 2.27. The lowest BCUT2D eigenvalue weighted by Crippen LogP contribution is -2.31. The first-order chi connectivity index (χ1) is 14.5. The second kappa shape index (κ2) is 8.23. The average molecular weight is 422 g/mol. The standard InChI is InChI=1S/C22H20ClN5O2/c1-13(26-21(29)16-10-11-25-27-20(16)24)18-12-14-6-5-9-17(23)19(14)22(30)28(18)15-7-3-2-4-8-15/h2-13,21,26,29H,1H3,(H2,24,27). The minimum Gasteiger partial charge on any atom is -0.382 e. The van der Waals surface area contributed by atoms with Gasteiger partial charge in [-0.25, -0.2) is 0 Å². The van der Waals surface area contributed by atoms with Gasteiger partial charge >= 0.3 is 0 Å². The molecule has 2 unspecified atom stereocenters. The van der Waals surface area contributed by atoms with Crippen LogP contribution in [0.4, 0.5) is 5.82 Å². The lowest BCUT2D eigenvalue weighted by molar-refractivity contribution is 0.125. The summed E-state index contributed by atoms with van der Waals surface area (Å²) < 4.78 is 1.60. The molecule has 0 aliphatic rings. The van der Waals surface area contributed by atoms with Crippen molar-refractivity contribution in [2.24, 2.45) is 0 Å². The fourth-order valence-electron chi connectivity index (χ4n) is 3.50. The Kier molecular flexibility index (Phi) is 5.50. The number of benzene rings is 2. The molecule has 4 rings (SSSR count). The van der Waals surface area contributed by atoms with E-state index in [2.05, 4.69) is 15.5 Å². The van der Waals surface area contributed by atoms with E-state index in [1.807, 2.05) is 49.4 Å². The molecule has 0 fully saturated rings. The highest BCUT2D eigenvalue weighted by Gasteiger charge is 2.21. The van der Waals surface area contributed by atoms with Crippen molar-refractivity contribution in [1.29, 1.82) is 0 Å². The van der Waals surface area contributed by atoms with Gasteiger partial charge in [-0.1, -0.05) is 41.9 Å². The van der Waals surface area contributed by atoms with E-state index in [-0.39, 0.29) is 11.4 Å². The van der Waals surface area contributed by atoms with Crippen LogP contribution in [0, 0.1) is 0 Å². The average Bonchev–Trinajstić information content (AvgIpc) is 2.74. The molecule has 0 spiro atoms. The molecule has 4 aromatic rings. The number of nitrogens with zero attached hydrogens (tertiary/aromatic N) is 3. The van der Waals surface area contributed by atoms with Crippen LogP contribution < -0.4 is 16.6 Å². The summed E-state index contributed by atoms with van der Waals surface area (Å²) in [7, 11) is 0. The zero-order chi connectivity index (χ0) is 21.3. The number of hydrogen-bond donors (Lipinski definition) is 3. The molecule has 2 aromatic heterocycles. The quantitative estimate of drug-likeness (QED) is 0.427. The van der Waals surface area contributed by atoms with Gasteiger partial charge in [0.05, 0.1) is 16.6 Å². The number of anilines is 1. The van der Waals surface area contributed by atoms with Crippen molar-refractivity contribution < 1.29 is 5.11 Å². The van der Waals surface area contributed by atoms with Gasteiger partial charge in [-0.15, -0.1) is 5.10 Å². The molecule has 30 heavy (non-hydrogen) atoms. The number of fused-ring (bicyclic) bond motifs is 1. The van der Waals surface area contributed by atoms with Gasteiger partial charge in [-0.2, -0.15) is 5.10 Å². The third-order valence-electron chi connectivity index (χ3n) is 4.97. The lowest BCUT2D eigenvalue weighted by Gasteiger charge is -2.24. The zero-order valence-corrected chi connectivity index (χ0v) is 16.9. The molecular formula is C22H20ClN5O2. The van der Waals surface area contributed by atoms with Crippen LogP contribution in [0.1, 0.15) is 30.5 Å². The number of rotatable bonds is 5. The van der Waals surface area contributed by atoms with Crippen LogP contribution in [-0.4, -0.2) is 19.9 Å². The predicted molar refractivity (Wildman–Crippen MR) is 118 cm³/mol. The monoisotopic (exact) mass is 421 g/mol. The first kappa shape index (κ1) is 20.0. The maximum absolute atomic E-state index is 13.4. The molecule has 4 N–H and O–H groups in total. The van der Waals surface area contributed by atoms with Gasteiger partial charge in [-0.05, 0) is 42.6 Å². The van der Waals surface area contributed by atoms with E-state index in [0.29, 0.717) is 27.4 Å². The van der Waals surface area contributed by atoms with Gasteiger partial charge in [0.15, 0.2) is 5.82 Å². The zero-order valence-electron chi connectivity index (χ0n) is 16.2. The molecule has 0 aliphatic heterocycles. The molecule has 0 saturated heterocycles. The van der Waals surface area contributed by atoms with Crippen LogP contribution in [-0.2, 0) is 0 Å². The number of halogens is 1. The third-order valence-corrected chi connectivity index (χ3v) is 5.28. The van der Waals surface area contributed by atoms with Crippen LogP contribution in [0.5, 0.6) is 0 Å². The predicted octanol–water partition coefficient (Wildman–Crippen LogP) is 3.36.